The quantitative estimate of drug-likeness (QED) is 0.536. The zero-order valence-corrected chi connectivity index (χ0v) is 9.55. The van der Waals surface area contributed by atoms with E-state index in [9.17, 15) is 10.2 Å². The Balaban J connectivity index is 2.15. The van der Waals surface area contributed by atoms with Gasteiger partial charge in [-0.25, -0.2) is 0 Å². The van der Waals surface area contributed by atoms with E-state index >= 15 is 0 Å². The maximum atomic E-state index is 9.83. The molecular formula is C11H16O7. The molecule has 0 unspecified atom stereocenters. The van der Waals surface area contributed by atoms with Crippen molar-refractivity contribution in [3.63, 3.8) is 0 Å². The number of hydrogen-bond acceptors (Lipinski definition) is 7. The third kappa shape index (κ3) is 2.56. The summed E-state index contributed by atoms with van der Waals surface area (Å²) < 4.78 is 15.8. The van der Waals surface area contributed by atoms with Crippen LogP contribution in [0.2, 0.25) is 0 Å². The number of rotatable bonds is 4. The van der Waals surface area contributed by atoms with Gasteiger partial charge in [-0.3, -0.25) is 0 Å². The molecule has 1 aromatic heterocycles. The van der Waals surface area contributed by atoms with Crippen molar-refractivity contribution in [2.75, 3.05) is 13.2 Å². The van der Waals surface area contributed by atoms with Crippen molar-refractivity contribution < 1.29 is 34.3 Å². The maximum Gasteiger partial charge on any atom is 0.218 e. The lowest BCUT2D eigenvalue weighted by Crippen LogP contribution is -2.54. The summed E-state index contributed by atoms with van der Waals surface area (Å²) in [5.41, 5.74) is 0. The van der Waals surface area contributed by atoms with Gasteiger partial charge < -0.3 is 34.3 Å². The molecule has 2 heterocycles. The van der Waals surface area contributed by atoms with Crippen LogP contribution in [0.1, 0.15) is 12.1 Å². The molecular weight excluding hydrogens is 244 g/mol. The molecule has 0 bridgehead atoms. The van der Waals surface area contributed by atoms with Crippen LogP contribution >= 0.6 is 0 Å². The second kappa shape index (κ2) is 5.79. The average molecular weight is 260 g/mol. The van der Waals surface area contributed by atoms with E-state index in [1.165, 1.54) is 6.26 Å². The van der Waals surface area contributed by atoms with Gasteiger partial charge in [0.2, 0.25) is 6.29 Å². The summed E-state index contributed by atoms with van der Waals surface area (Å²) in [5.74, 6) is 0.357. The summed E-state index contributed by atoms with van der Waals surface area (Å²) in [6.07, 6.45) is -3.99. The van der Waals surface area contributed by atoms with E-state index in [2.05, 4.69) is 0 Å². The molecule has 1 aliphatic heterocycles. The lowest BCUT2D eigenvalue weighted by molar-refractivity contribution is -0.315. The van der Waals surface area contributed by atoms with Crippen molar-refractivity contribution in [2.45, 2.75) is 30.7 Å². The van der Waals surface area contributed by atoms with Crippen molar-refractivity contribution in [1.82, 2.24) is 0 Å². The Bertz CT molecular complexity index is 352. The highest BCUT2D eigenvalue weighted by Gasteiger charge is 2.42. The molecule has 0 saturated carbocycles. The van der Waals surface area contributed by atoms with Gasteiger partial charge in [-0.1, -0.05) is 0 Å². The van der Waals surface area contributed by atoms with Gasteiger partial charge in [0.25, 0.3) is 0 Å². The maximum absolute atomic E-state index is 9.83. The fourth-order valence-corrected chi connectivity index (χ4v) is 1.84. The molecule has 2 rings (SSSR count). The number of aliphatic hydroxyl groups is 4. The van der Waals surface area contributed by atoms with Crippen LogP contribution in [0.5, 0.6) is 0 Å². The van der Waals surface area contributed by atoms with E-state index in [0.29, 0.717) is 5.76 Å². The predicted molar refractivity (Wildman–Crippen MR) is 57.4 cm³/mol. The molecule has 1 aromatic rings. The van der Waals surface area contributed by atoms with Gasteiger partial charge in [0.15, 0.2) is 5.76 Å². The van der Waals surface area contributed by atoms with Gasteiger partial charge >= 0.3 is 0 Å². The molecule has 0 radical (unpaired) electrons. The lowest BCUT2D eigenvalue weighted by atomic mass is 10.0. The normalized spacial score (nSPS) is 34.4. The minimum absolute atomic E-state index is 0.357. The minimum atomic E-state index is -1.27. The highest BCUT2D eigenvalue weighted by molar-refractivity contribution is 5.02. The molecule has 1 aliphatic rings. The molecule has 1 saturated heterocycles. The highest BCUT2D eigenvalue weighted by atomic mass is 16.7. The van der Waals surface area contributed by atoms with Crippen LogP contribution in [-0.2, 0) is 9.47 Å². The Morgan fingerprint density at radius 1 is 1.28 bits per heavy atom. The Kier molecular flexibility index (Phi) is 4.33. The first kappa shape index (κ1) is 13.5. The monoisotopic (exact) mass is 260 g/mol. The van der Waals surface area contributed by atoms with Crippen LogP contribution in [0.3, 0.4) is 0 Å². The highest BCUT2D eigenvalue weighted by Crippen LogP contribution is 2.31. The van der Waals surface area contributed by atoms with Gasteiger partial charge in [-0.05, 0) is 12.1 Å². The second-order valence-corrected chi connectivity index (χ2v) is 4.05. The first-order chi connectivity index (χ1) is 8.67. The molecule has 18 heavy (non-hydrogen) atoms. The summed E-state index contributed by atoms with van der Waals surface area (Å²) in [7, 11) is 0. The summed E-state index contributed by atoms with van der Waals surface area (Å²) in [6.45, 7) is -0.999. The molecule has 102 valence electrons. The van der Waals surface area contributed by atoms with Crippen molar-refractivity contribution >= 4 is 0 Å². The van der Waals surface area contributed by atoms with Crippen LogP contribution in [0, 0.1) is 0 Å². The van der Waals surface area contributed by atoms with Gasteiger partial charge in [0, 0.05) is 0 Å². The summed E-state index contributed by atoms with van der Waals surface area (Å²) in [4.78, 5) is 0. The van der Waals surface area contributed by atoms with Gasteiger partial charge in [0.05, 0.1) is 19.5 Å². The van der Waals surface area contributed by atoms with Gasteiger partial charge in [-0.15, -0.1) is 0 Å². The topological polar surface area (TPSA) is 113 Å². The third-order valence-corrected chi connectivity index (χ3v) is 2.82. The van der Waals surface area contributed by atoms with E-state index < -0.39 is 43.9 Å². The molecule has 0 aliphatic carbocycles. The van der Waals surface area contributed by atoms with E-state index in [1.807, 2.05) is 0 Å². The molecule has 7 nitrogen and oxygen atoms in total. The zero-order chi connectivity index (χ0) is 13.1. The Morgan fingerprint density at radius 3 is 2.61 bits per heavy atom. The Hall–Kier alpha value is -0.960. The molecule has 0 aromatic carbocycles. The van der Waals surface area contributed by atoms with Crippen molar-refractivity contribution in [2.24, 2.45) is 0 Å². The number of furan rings is 1. The zero-order valence-electron chi connectivity index (χ0n) is 9.55. The SMILES string of the molecule is OC[C@@H](O)[C@@H]1O[C@H](c2ccco2)O[C@H](CO)[C@@H]1O. The largest absolute Gasteiger partial charge is 0.464 e. The smallest absolute Gasteiger partial charge is 0.218 e. The summed E-state index contributed by atoms with van der Waals surface area (Å²) >= 11 is 0. The van der Waals surface area contributed by atoms with Crippen molar-refractivity contribution in [3.05, 3.63) is 24.2 Å². The van der Waals surface area contributed by atoms with Crippen LogP contribution in [0.4, 0.5) is 0 Å². The predicted octanol–water partition coefficient (Wildman–Crippen LogP) is -1.23. The second-order valence-electron chi connectivity index (χ2n) is 4.05. The van der Waals surface area contributed by atoms with Gasteiger partial charge in [-0.2, -0.15) is 0 Å². The van der Waals surface area contributed by atoms with Crippen LogP contribution in [0.15, 0.2) is 22.8 Å². The number of aliphatic hydroxyl groups excluding tert-OH is 4. The van der Waals surface area contributed by atoms with Crippen LogP contribution < -0.4 is 0 Å². The third-order valence-electron chi connectivity index (χ3n) is 2.82. The molecule has 5 atom stereocenters. The van der Waals surface area contributed by atoms with Crippen molar-refractivity contribution in [1.29, 1.82) is 0 Å². The average Bonchev–Trinajstić information content (AvgIpc) is 2.92. The van der Waals surface area contributed by atoms with E-state index in [0.717, 1.165) is 0 Å². The van der Waals surface area contributed by atoms with Crippen molar-refractivity contribution in [3.8, 4) is 0 Å². The Labute approximate surface area is 103 Å². The van der Waals surface area contributed by atoms with E-state index in [-0.39, 0.29) is 0 Å². The fourth-order valence-electron chi connectivity index (χ4n) is 1.84. The summed E-state index contributed by atoms with van der Waals surface area (Å²) in [6, 6.07) is 3.25. The fraction of sp³-hybridized carbons (Fsp3) is 0.636. The first-order valence-electron chi connectivity index (χ1n) is 5.59. The molecule has 4 N–H and O–H groups in total. The molecule has 7 heteroatoms. The summed E-state index contributed by atoms with van der Waals surface area (Å²) in [5, 5.41) is 37.5. The lowest BCUT2D eigenvalue weighted by Gasteiger charge is -2.39. The van der Waals surface area contributed by atoms with E-state index in [1.54, 1.807) is 12.1 Å². The number of ether oxygens (including phenoxy) is 2. The minimum Gasteiger partial charge on any atom is -0.464 e. The van der Waals surface area contributed by atoms with E-state index in [4.69, 9.17) is 24.1 Å². The standard InChI is InChI=1S/C11H16O7/c12-4-6(14)10-9(15)8(5-13)17-11(18-10)7-2-1-3-16-7/h1-3,6,8-15H,4-5H2/t6-,8-,9+,10+,11-/m1/s1. The number of hydrogen-bond donors (Lipinski definition) is 4. The molecule has 0 spiro atoms. The Morgan fingerprint density at radius 2 is 2.06 bits per heavy atom. The van der Waals surface area contributed by atoms with Gasteiger partial charge in [0.1, 0.15) is 24.4 Å². The molecule has 0 amide bonds. The van der Waals surface area contributed by atoms with Crippen LogP contribution in [0.25, 0.3) is 0 Å². The first-order valence-corrected chi connectivity index (χ1v) is 5.59. The van der Waals surface area contributed by atoms with Crippen LogP contribution in [-0.4, -0.2) is 58.1 Å². The molecule has 1 fully saturated rings.